The van der Waals surface area contributed by atoms with Crippen LogP contribution in [0.3, 0.4) is 0 Å². The van der Waals surface area contributed by atoms with E-state index in [2.05, 4.69) is 28.6 Å². The zero-order valence-corrected chi connectivity index (χ0v) is 12.1. The molecule has 2 aromatic rings. The Kier molecular flexibility index (Phi) is 4.48. The lowest BCUT2D eigenvalue weighted by atomic mass is 9.95. The van der Waals surface area contributed by atoms with Crippen molar-refractivity contribution in [3.05, 3.63) is 59.4 Å². The van der Waals surface area contributed by atoms with Gasteiger partial charge in [0.2, 0.25) is 0 Å². The molecule has 1 aliphatic rings. The zero-order valence-electron chi connectivity index (χ0n) is 12.1. The van der Waals surface area contributed by atoms with E-state index in [1.54, 1.807) is 0 Å². The van der Waals surface area contributed by atoms with Gasteiger partial charge in [-0.1, -0.05) is 18.2 Å². The summed E-state index contributed by atoms with van der Waals surface area (Å²) in [4.78, 5) is 4.05. The second kappa shape index (κ2) is 6.70. The third-order valence-corrected chi connectivity index (χ3v) is 4.01. The van der Waals surface area contributed by atoms with E-state index in [9.17, 15) is 0 Å². The van der Waals surface area contributed by atoms with Crippen LogP contribution in [-0.2, 0) is 12.8 Å². The number of hydrogen-bond donors (Lipinski definition) is 2. The fourth-order valence-electron chi connectivity index (χ4n) is 2.88. The Morgan fingerprint density at radius 1 is 1.24 bits per heavy atom. The van der Waals surface area contributed by atoms with Crippen molar-refractivity contribution in [2.45, 2.75) is 31.7 Å². The molecule has 0 spiro atoms. The Bertz CT molecular complexity index is 586. The number of nitrogens with one attached hydrogen (secondary N) is 1. The van der Waals surface area contributed by atoms with Crippen molar-refractivity contribution in [2.75, 3.05) is 6.61 Å². The molecule has 4 heteroatoms. The smallest absolute Gasteiger partial charge is 0.127 e. The van der Waals surface area contributed by atoms with E-state index in [0.717, 1.165) is 38.0 Å². The summed E-state index contributed by atoms with van der Waals surface area (Å²) < 4.78 is 5.88. The number of rotatable bonds is 5. The number of nitrogens with two attached hydrogens (primary N) is 1. The third kappa shape index (κ3) is 3.23. The van der Waals surface area contributed by atoms with Crippen LogP contribution in [0.25, 0.3) is 0 Å². The van der Waals surface area contributed by atoms with Crippen molar-refractivity contribution in [1.82, 2.24) is 10.4 Å². The van der Waals surface area contributed by atoms with E-state index in [1.807, 2.05) is 24.5 Å². The van der Waals surface area contributed by atoms with Crippen molar-refractivity contribution in [2.24, 2.45) is 5.84 Å². The minimum atomic E-state index is 0.103. The van der Waals surface area contributed by atoms with Crippen LogP contribution in [0.1, 0.15) is 35.6 Å². The van der Waals surface area contributed by atoms with Gasteiger partial charge in [0, 0.05) is 24.0 Å². The fourth-order valence-corrected chi connectivity index (χ4v) is 2.88. The molecule has 21 heavy (non-hydrogen) atoms. The molecule has 1 unspecified atom stereocenters. The van der Waals surface area contributed by atoms with Gasteiger partial charge in [0.25, 0.3) is 0 Å². The van der Waals surface area contributed by atoms with E-state index in [1.165, 1.54) is 16.7 Å². The minimum absolute atomic E-state index is 0.103. The summed E-state index contributed by atoms with van der Waals surface area (Å²) in [5.41, 5.74) is 6.68. The van der Waals surface area contributed by atoms with Crippen LogP contribution < -0.4 is 16.0 Å². The number of hydrazine groups is 1. The first-order valence-corrected chi connectivity index (χ1v) is 7.48. The number of pyridine rings is 1. The molecule has 1 aromatic carbocycles. The van der Waals surface area contributed by atoms with Crippen LogP contribution in [0.15, 0.2) is 42.7 Å². The van der Waals surface area contributed by atoms with Crippen molar-refractivity contribution in [1.29, 1.82) is 0 Å². The van der Waals surface area contributed by atoms with Gasteiger partial charge in [0.05, 0.1) is 6.61 Å². The van der Waals surface area contributed by atoms with Crippen molar-refractivity contribution >= 4 is 0 Å². The molecular weight excluding hydrogens is 262 g/mol. The highest BCUT2D eigenvalue weighted by Crippen LogP contribution is 2.34. The number of para-hydroxylation sites is 1. The lowest BCUT2D eigenvalue weighted by molar-refractivity contribution is 0.281. The molecule has 4 nitrogen and oxygen atoms in total. The number of fused-ring (bicyclic) bond motifs is 1. The van der Waals surface area contributed by atoms with E-state index >= 15 is 0 Å². The molecule has 0 radical (unpaired) electrons. The maximum atomic E-state index is 5.88. The SMILES string of the molecule is NNC(CCc1ccncc1)c1cccc2c1OCCC2. The maximum Gasteiger partial charge on any atom is 0.127 e. The summed E-state index contributed by atoms with van der Waals surface area (Å²) in [7, 11) is 0. The van der Waals surface area contributed by atoms with Gasteiger partial charge in [0.15, 0.2) is 0 Å². The molecule has 0 amide bonds. The van der Waals surface area contributed by atoms with Gasteiger partial charge < -0.3 is 4.74 Å². The van der Waals surface area contributed by atoms with Crippen molar-refractivity contribution in [3.8, 4) is 5.75 Å². The molecule has 110 valence electrons. The van der Waals surface area contributed by atoms with Gasteiger partial charge >= 0.3 is 0 Å². The second-order valence-corrected chi connectivity index (χ2v) is 5.40. The summed E-state index contributed by atoms with van der Waals surface area (Å²) in [5.74, 6) is 6.81. The highest BCUT2D eigenvalue weighted by molar-refractivity contribution is 5.44. The van der Waals surface area contributed by atoms with Crippen LogP contribution in [0.2, 0.25) is 0 Å². The first-order valence-electron chi connectivity index (χ1n) is 7.48. The zero-order chi connectivity index (χ0) is 14.5. The summed E-state index contributed by atoms with van der Waals surface area (Å²) in [6, 6.07) is 10.6. The molecular formula is C17H21N3O. The highest BCUT2D eigenvalue weighted by Gasteiger charge is 2.20. The van der Waals surface area contributed by atoms with Gasteiger partial charge in [-0.05, 0) is 48.9 Å². The molecule has 1 aromatic heterocycles. The van der Waals surface area contributed by atoms with Crippen LogP contribution in [0.4, 0.5) is 0 Å². The van der Waals surface area contributed by atoms with Crippen LogP contribution in [-0.4, -0.2) is 11.6 Å². The van der Waals surface area contributed by atoms with E-state index < -0.39 is 0 Å². The van der Waals surface area contributed by atoms with Gasteiger partial charge in [-0.2, -0.15) is 0 Å². The topological polar surface area (TPSA) is 60.2 Å². The van der Waals surface area contributed by atoms with E-state index in [4.69, 9.17) is 10.6 Å². The quantitative estimate of drug-likeness (QED) is 0.654. The molecule has 3 rings (SSSR count). The Morgan fingerprint density at radius 3 is 2.90 bits per heavy atom. The predicted octanol–water partition coefficient (Wildman–Crippen LogP) is 2.54. The number of ether oxygens (including phenoxy) is 1. The first kappa shape index (κ1) is 14.0. The Hall–Kier alpha value is -1.91. The van der Waals surface area contributed by atoms with Crippen LogP contribution in [0, 0.1) is 0 Å². The van der Waals surface area contributed by atoms with Crippen molar-refractivity contribution in [3.63, 3.8) is 0 Å². The lowest BCUT2D eigenvalue weighted by Crippen LogP contribution is -2.29. The number of nitrogens with zero attached hydrogens (tertiary/aromatic N) is 1. The average molecular weight is 283 g/mol. The molecule has 0 saturated carbocycles. The van der Waals surface area contributed by atoms with Gasteiger partial charge in [-0.3, -0.25) is 16.3 Å². The Morgan fingerprint density at radius 2 is 2.10 bits per heavy atom. The number of aryl methyl sites for hydroxylation is 2. The second-order valence-electron chi connectivity index (χ2n) is 5.40. The van der Waals surface area contributed by atoms with E-state index in [-0.39, 0.29) is 6.04 Å². The lowest BCUT2D eigenvalue weighted by Gasteiger charge is -2.25. The standard InChI is InChI=1S/C17H21N3O/c18-20-16(7-6-13-8-10-19-11-9-13)15-5-1-3-14-4-2-12-21-17(14)15/h1,3,5,8-11,16,20H,2,4,6-7,12,18H2. The molecule has 1 atom stereocenters. The molecule has 2 heterocycles. The molecule has 0 bridgehead atoms. The molecule has 0 saturated heterocycles. The summed E-state index contributed by atoms with van der Waals surface area (Å²) in [6.07, 6.45) is 7.72. The number of hydrogen-bond acceptors (Lipinski definition) is 4. The summed E-state index contributed by atoms with van der Waals surface area (Å²) in [6.45, 7) is 0.797. The van der Waals surface area contributed by atoms with Crippen molar-refractivity contribution < 1.29 is 4.74 Å². The number of aromatic nitrogens is 1. The Labute approximate surface area is 125 Å². The Balaban J connectivity index is 1.77. The minimum Gasteiger partial charge on any atom is -0.493 e. The van der Waals surface area contributed by atoms with Gasteiger partial charge in [0.1, 0.15) is 5.75 Å². The highest BCUT2D eigenvalue weighted by atomic mass is 16.5. The van der Waals surface area contributed by atoms with Crippen LogP contribution >= 0.6 is 0 Å². The normalized spacial score (nSPS) is 15.1. The molecule has 0 aliphatic carbocycles. The van der Waals surface area contributed by atoms with Gasteiger partial charge in [-0.15, -0.1) is 0 Å². The maximum absolute atomic E-state index is 5.88. The van der Waals surface area contributed by atoms with Crippen LogP contribution in [0.5, 0.6) is 5.75 Å². The fraction of sp³-hybridized carbons (Fsp3) is 0.353. The third-order valence-electron chi connectivity index (χ3n) is 4.01. The molecule has 1 aliphatic heterocycles. The predicted molar refractivity (Wildman–Crippen MR) is 82.9 cm³/mol. The monoisotopic (exact) mass is 283 g/mol. The van der Waals surface area contributed by atoms with Gasteiger partial charge in [-0.25, -0.2) is 0 Å². The first-order chi connectivity index (χ1) is 10.4. The summed E-state index contributed by atoms with van der Waals surface area (Å²) in [5, 5.41) is 0. The summed E-state index contributed by atoms with van der Waals surface area (Å²) >= 11 is 0. The van der Waals surface area contributed by atoms with E-state index in [0.29, 0.717) is 0 Å². The molecule has 3 N–H and O–H groups in total. The average Bonchev–Trinajstić information content (AvgIpc) is 2.56. The largest absolute Gasteiger partial charge is 0.493 e. The number of benzene rings is 1. The molecule has 0 fully saturated rings.